The molecule has 0 saturated carbocycles. The number of alkyl halides is 3. The second-order valence-electron chi connectivity index (χ2n) is 5.89. The van der Waals surface area contributed by atoms with Gasteiger partial charge in [0.25, 0.3) is 5.91 Å². The van der Waals surface area contributed by atoms with E-state index in [0.717, 1.165) is 23.3 Å². The second-order valence-corrected chi connectivity index (χ2v) is 5.89. The van der Waals surface area contributed by atoms with E-state index >= 15 is 0 Å². The van der Waals surface area contributed by atoms with Crippen molar-refractivity contribution >= 4 is 11.6 Å². The maximum absolute atomic E-state index is 12.8. The van der Waals surface area contributed by atoms with Crippen LogP contribution in [0.1, 0.15) is 27.0 Å². The van der Waals surface area contributed by atoms with E-state index in [0.29, 0.717) is 12.2 Å². The number of hydrogen-bond acceptors (Lipinski definition) is 2. The van der Waals surface area contributed by atoms with Crippen LogP contribution < -0.4 is 5.32 Å². The van der Waals surface area contributed by atoms with E-state index in [1.165, 1.54) is 18.3 Å². The molecular formula is C19H16F3N3O. The lowest BCUT2D eigenvalue weighted by molar-refractivity contribution is -0.137. The van der Waals surface area contributed by atoms with Gasteiger partial charge < -0.3 is 5.32 Å². The summed E-state index contributed by atoms with van der Waals surface area (Å²) in [6, 6.07) is 12.2. The summed E-state index contributed by atoms with van der Waals surface area (Å²) in [5.74, 6) is -0.619. The van der Waals surface area contributed by atoms with E-state index in [-0.39, 0.29) is 5.56 Å². The van der Waals surface area contributed by atoms with Crippen LogP contribution in [0.4, 0.5) is 18.9 Å². The Morgan fingerprint density at radius 2 is 1.92 bits per heavy atom. The van der Waals surface area contributed by atoms with Crippen LogP contribution in [0.3, 0.4) is 0 Å². The molecule has 1 N–H and O–H groups in total. The second kappa shape index (κ2) is 7.03. The van der Waals surface area contributed by atoms with Gasteiger partial charge in [0.15, 0.2) is 0 Å². The molecule has 7 heteroatoms. The smallest absolute Gasteiger partial charge is 0.319 e. The third-order valence-corrected chi connectivity index (χ3v) is 3.94. The molecule has 0 fully saturated rings. The summed E-state index contributed by atoms with van der Waals surface area (Å²) < 4.78 is 39.9. The Labute approximate surface area is 148 Å². The monoisotopic (exact) mass is 359 g/mol. The Morgan fingerprint density at radius 3 is 2.65 bits per heavy atom. The number of carbonyl (C=O) groups excluding carboxylic acids is 1. The molecule has 134 valence electrons. The quantitative estimate of drug-likeness (QED) is 0.745. The van der Waals surface area contributed by atoms with Crippen LogP contribution in [0.2, 0.25) is 0 Å². The molecular weight excluding hydrogens is 343 g/mol. The Balaban J connectivity index is 1.71. The maximum atomic E-state index is 12.8. The number of aromatic nitrogens is 2. The highest BCUT2D eigenvalue weighted by molar-refractivity contribution is 6.04. The number of nitrogens with zero attached hydrogens (tertiary/aromatic N) is 2. The van der Waals surface area contributed by atoms with Gasteiger partial charge >= 0.3 is 6.18 Å². The van der Waals surface area contributed by atoms with Crippen molar-refractivity contribution in [2.75, 3.05) is 5.32 Å². The van der Waals surface area contributed by atoms with Gasteiger partial charge in [0.05, 0.1) is 24.0 Å². The van der Waals surface area contributed by atoms with Gasteiger partial charge in [-0.15, -0.1) is 0 Å². The van der Waals surface area contributed by atoms with E-state index in [1.54, 1.807) is 10.9 Å². The summed E-state index contributed by atoms with van der Waals surface area (Å²) in [4.78, 5) is 12.2. The SMILES string of the molecule is Cc1ccccc1Cn1cc(NC(=O)c2cccc(C(F)(F)F)c2)cn1. The van der Waals surface area contributed by atoms with Gasteiger partial charge in [-0.25, -0.2) is 0 Å². The molecule has 0 unspecified atom stereocenters. The van der Waals surface area contributed by atoms with Crippen LogP contribution in [0.25, 0.3) is 0 Å². The fourth-order valence-electron chi connectivity index (χ4n) is 2.52. The van der Waals surface area contributed by atoms with Crippen molar-refractivity contribution in [3.05, 3.63) is 83.2 Å². The molecule has 2 aromatic carbocycles. The Morgan fingerprint density at radius 1 is 1.15 bits per heavy atom. The summed E-state index contributed by atoms with van der Waals surface area (Å²) in [5, 5.41) is 6.75. The Hall–Kier alpha value is -3.09. The highest BCUT2D eigenvalue weighted by atomic mass is 19.4. The predicted molar refractivity (Wildman–Crippen MR) is 91.9 cm³/mol. The summed E-state index contributed by atoms with van der Waals surface area (Å²) in [6.07, 6.45) is -1.39. The minimum atomic E-state index is -4.49. The number of anilines is 1. The van der Waals surface area contributed by atoms with E-state index in [9.17, 15) is 18.0 Å². The van der Waals surface area contributed by atoms with Gasteiger partial charge in [-0.1, -0.05) is 30.3 Å². The van der Waals surface area contributed by atoms with Crippen molar-refractivity contribution in [3.63, 3.8) is 0 Å². The number of aryl methyl sites for hydroxylation is 1. The molecule has 0 aliphatic heterocycles. The number of halogens is 3. The zero-order valence-electron chi connectivity index (χ0n) is 13.9. The molecule has 3 aromatic rings. The number of amides is 1. The molecule has 1 heterocycles. The molecule has 1 amide bonds. The van der Waals surface area contributed by atoms with Crippen LogP contribution in [-0.4, -0.2) is 15.7 Å². The Kier molecular flexibility index (Phi) is 4.79. The molecule has 0 spiro atoms. The van der Waals surface area contributed by atoms with E-state index < -0.39 is 17.6 Å². The van der Waals surface area contributed by atoms with Crippen molar-refractivity contribution in [1.82, 2.24) is 9.78 Å². The number of hydrogen-bond donors (Lipinski definition) is 1. The molecule has 0 bridgehead atoms. The maximum Gasteiger partial charge on any atom is 0.416 e. The molecule has 4 nitrogen and oxygen atoms in total. The molecule has 0 aliphatic rings. The van der Waals surface area contributed by atoms with E-state index in [2.05, 4.69) is 10.4 Å². The van der Waals surface area contributed by atoms with Crippen molar-refractivity contribution in [2.45, 2.75) is 19.6 Å². The largest absolute Gasteiger partial charge is 0.416 e. The molecule has 1 aromatic heterocycles. The van der Waals surface area contributed by atoms with E-state index in [4.69, 9.17) is 0 Å². The summed E-state index contributed by atoms with van der Waals surface area (Å²) in [6.45, 7) is 2.53. The van der Waals surface area contributed by atoms with Crippen molar-refractivity contribution in [1.29, 1.82) is 0 Å². The molecule has 0 radical (unpaired) electrons. The summed E-state index contributed by atoms with van der Waals surface area (Å²) >= 11 is 0. The first-order valence-electron chi connectivity index (χ1n) is 7.88. The molecule has 26 heavy (non-hydrogen) atoms. The van der Waals surface area contributed by atoms with Gasteiger partial charge in [0.2, 0.25) is 0 Å². The summed E-state index contributed by atoms with van der Waals surface area (Å²) in [7, 11) is 0. The van der Waals surface area contributed by atoms with Crippen molar-refractivity contribution in [3.8, 4) is 0 Å². The molecule has 3 rings (SSSR count). The van der Waals surface area contributed by atoms with Crippen LogP contribution in [0.15, 0.2) is 60.9 Å². The minimum absolute atomic E-state index is 0.0634. The Bertz CT molecular complexity index is 932. The molecule has 0 atom stereocenters. The lowest BCUT2D eigenvalue weighted by atomic mass is 10.1. The van der Waals surface area contributed by atoms with Gasteiger partial charge in [0, 0.05) is 11.8 Å². The number of nitrogens with one attached hydrogen (secondary N) is 1. The average Bonchev–Trinajstić information content (AvgIpc) is 3.03. The number of benzene rings is 2. The summed E-state index contributed by atoms with van der Waals surface area (Å²) in [5.41, 5.74) is 1.71. The van der Waals surface area contributed by atoms with Crippen LogP contribution in [0, 0.1) is 6.92 Å². The third kappa shape index (κ3) is 4.11. The van der Waals surface area contributed by atoms with Gasteiger partial charge in [-0.05, 0) is 36.2 Å². The van der Waals surface area contributed by atoms with Gasteiger partial charge in [-0.2, -0.15) is 18.3 Å². The first kappa shape index (κ1) is 17.7. The lowest BCUT2D eigenvalue weighted by Crippen LogP contribution is -2.13. The third-order valence-electron chi connectivity index (χ3n) is 3.94. The minimum Gasteiger partial charge on any atom is -0.319 e. The first-order chi connectivity index (χ1) is 12.3. The first-order valence-corrected chi connectivity index (χ1v) is 7.88. The molecule has 0 aliphatic carbocycles. The van der Waals surface area contributed by atoms with Crippen LogP contribution in [0.5, 0.6) is 0 Å². The normalized spacial score (nSPS) is 11.4. The highest BCUT2D eigenvalue weighted by Crippen LogP contribution is 2.29. The van der Waals surface area contributed by atoms with Gasteiger partial charge in [-0.3, -0.25) is 9.48 Å². The predicted octanol–water partition coefficient (Wildman–Crippen LogP) is 4.51. The average molecular weight is 359 g/mol. The zero-order valence-corrected chi connectivity index (χ0v) is 13.9. The fourth-order valence-corrected chi connectivity index (χ4v) is 2.52. The van der Waals surface area contributed by atoms with E-state index in [1.807, 2.05) is 31.2 Å². The topological polar surface area (TPSA) is 46.9 Å². The van der Waals surface area contributed by atoms with Crippen molar-refractivity contribution < 1.29 is 18.0 Å². The number of carbonyl (C=O) groups is 1. The van der Waals surface area contributed by atoms with Crippen LogP contribution in [-0.2, 0) is 12.7 Å². The fraction of sp³-hybridized carbons (Fsp3) is 0.158. The zero-order chi connectivity index (χ0) is 18.7. The van der Waals surface area contributed by atoms with Crippen molar-refractivity contribution in [2.24, 2.45) is 0 Å². The highest BCUT2D eigenvalue weighted by Gasteiger charge is 2.30. The van der Waals surface area contributed by atoms with Crippen LogP contribution >= 0.6 is 0 Å². The van der Waals surface area contributed by atoms with Gasteiger partial charge in [0.1, 0.15) is 0 Å². The molecule has 0 saturated heterocycles. The lowest BCUT2D eigenvalue weighted by Gasteiger charge is -2.08. The number of rotatable bonds is 4. The standard InChI is InChI=1S/C19H16F3N3O/c1-13-5-2-3-6-15(13)11-25-12-17(10-23-25)24-18(26)14-7-4-8-16(9-14)19(20,21)22/h2-10,12H,11H2,1H3,(H,24,26).